The topological polar surface area (TPSA) is 30.5 Å². The molecule has 3 nitrogen and oxygen atoms in total. The number of fused-ring (bicyclic) bond motifs is 1. The molecule has 0 aromatic heterocycles. The molecule has 3 heteroatoms. The summed E-state index contributed by atoms with van der Waals surface area (Å²) in [6.07, 6.45) is 0.996. The van der Waals surface area contributed by atoms with E-state index in [2.05, 4.69) is 18.3 Å². The third-order valence-electron chi connectivity index (χ3n) is 3.45. The summed E-state index contributed by atoms with van der Waals surface area (Å²) in [5.41, 5.74) is 1.19. The summed E-state index contributed by atoms with van der Waals surface area (Å²) in [7, 11) is 0. The Balaban J connectivity index is 1.85. The number of nitrogens with one attached hydrogen (secondary N) is 1. The van der Waals surface area contributed by atoms with Crippen LogP contribution in [0, 0.1) is 0 Å². The van der Waals surface area contributed by atoms with E-state index in [1.807, 2.05) is 42.5 Å². The minimum absolute atomic E-state index is 0.350. The summed E-state index contributed by atoms with van der Waals surface area (Å²) in [5, 5.41) is 3.50. The predicted octanol–water partition coefficient (Wildman–Crippen LogP) is 3.91. The largest absolute Gasteiger partial charge is 0.493 e. The second kappa shape index (κ2) is 5.97. The third-order valence-corrected chi connectivity index (χ3v) is 3.45. The highest BCUT2D eigenvalue weighted by Crippen LogP contribution is 2.35. The molecule has 1 aliphatic heterocycles. The van der Waals surface area contributed by atoms with Crippen LogP contribution in [0.1, 0.15) is 24.9 Å². The fourth-order valence-corrected chi connectivity index (χ4v) is 2.52. The van der Waals surface area contributed by atoms with Gasteiger partial charge in [0.05, 0.1) is 6.61 Å². The van der Waals surface area contributed by atoms with Crippen LogP contribution >= 0.6 is 0 Å². The molecule has 3 rings (SSSR count). The van der Waals surface area contributed by atoms with E-state index in [1.165, 1.54) is 5.56 Å². The number of ether oxygens (including phenoxy) is 2. The van der Waals surface area contributed by atoms with E-state index in [-0.39, 0.29) is 0 Å². The summed E-state index contributed by atoms with van der Waals surface area (Å²) in [6.45, 7) is 3.84. The van der Waals surface area contributed by atoms with E-state index >= 15 is 0 Å². The monoisotopic (exact) mass is 269 g/mol. The highest BCUT2D eigenvalue weighted by Gasteiger charge is 2.21. The zero-order valence-electron chi connectivity index (χ0n) is 11.6. The molecule has 0 saturated heterocycles. The molecule has 0 fully saturated rings. The van der Waals surface area contributed by atoms with Gasteiger partial charge in [-0.25, -0.2) is 0 Å². The minimum atomic E-state index is 0.350. The van der Waals surface area contributed by atoms with Gasteiger partial charge in [-0.15, -0.1) is 0 Å². The Hall–Kier alpha value is -2.00. The van der Waals surface area contributed by atoms with Crippen LogP contribution < -0.4 is 14.8 Å². The van der Waals surface area contributed by atoms with E-state index in [1.54, 1.807) is 0 Å². The van der Waals surface area contributed by atoms with Gasteiger partial charge in [0, 0.05) is 18.0 Å². The quantitative estimate of drug-likeness (QED) is 0.912. The molecule has 0 spiro atoms. The Morgan fingerprint density at radius 2 is 2.00 bits per heavy atom. The lowest BCUT2D eigenvalue weighted by atomic mass is 10.0. The molecular weight excluding hydrogens is 250 g/mol. The lowest BCUT2D eigenvalue weighted by Crippen LogP contribution is -2.26. The van der Waals surface area contributed by atoms with E-state index in [0.717, 1.165) is 36.8 Å². The van der Waals surface area contributed by atoms with Crippen LogP contribution in [0.2, 0.25) is 0 Å². The molecule has 104 valence electrons. The molecule has 0 saturated carbocycles. The maximum atomic E-state index is 5.89. The van der Waals surface area contributed by atoms with Gasteiger partial charge < -0.3 is 14.8 Å². The van der Waals surface area contributed by atoms with Gasteiger partial charge in [0.15, 0.2) is 0 Å². The van der Waals surface area contributed by atoms with Gasteiger partial charge in [-0.3, -0.25) is 0 Å². The number of hydrogen-bond donors (Lipinski definition) is 1. The zero-order chi connectivity index (χ0) is 13.8. The maximum absolute atomic E-state index is 5.89. The van der Waals surface area contributed by atoms with Crippen molar-refractivity contribution < 1.29 is 9.47 Å². The van der Waals surface area contributed by atoms with Crippen molar-refractivity contribution in [1.82, 2.24) is 5.32 Å². The van der Waals surface area contributed by atoms with Gasteiger partial charge >= 0.3 is 0 Å². The summed E-state index contributed by atoms with van der Waals surface area (Å²) < 4.78 is 11.6. The molecule has 0 amide bonds. The molecule has 0 bridgehead atoms. The van der Waals surface area contributed by atoms with Gasteiger partial charge in [-0.1, -0.05) is 25.1 Å². The fourth-order valence-electron chi connectivity index (χ4n) is 2.52. The van der Waals surface area contributed by atoms with Gasteiger partial charge in [0.2, 0.25) is 0 Å². The smallest absolute Gasteiger partial charge is 0.128 e. The SMILES string of the molecule is CCNC1CCOc2ccc(Oc3ccccc3)cc21. The molecule has 1 aliphatic rings. The highest BCUT2D eigenvalue weighted by atomic mass is 16.5. The summed E-state index contributed by atoms with van der Waals surface area (Å²) in [4.78, 5) is 0. The Morgan fingerprint density at radius 3 is 2.80 bits per heavy atom. The first-order valence-corrected chi connectivity index (χ1v) is 7.10. The first-order chi connectivity index (χ1) is 9.86. The van der Waals surface area contributed by atoms with Crippen molar-refractivity contribution in [2.75, 3.05) is 13.2 Å². The highest BCUT2D eigenvalue weighted by molar-refractivity contribution is 5.44. The van der Waals surface area contributed by atoms with Crippen LogP contribution in [0.3, 0.4) is 0 Å². The minimum Gasteiger partial charge on any atom is -0.493 e. The Kier molecular flexibility index (Phi) is 3.88. The Labute approximate surface area is 119 Å². The number of para-hydroxylation sites is 1. The third kappa shape index (κ3) is 2.78. The first-order valence-electron chi connectivity index (χ1n) is 7.10. The van der Waals surface area contributed by atoms with Crippen molar-refractivity contribution in [1.29, 1.82) is 0 Å². The van der Waals surface area contributed by atoms with Gasteiger partial charge in [0.25, 0.3) is 0 Å². The number of hydrogen-bond acceptors (Lipinski definition) is 3. The molecule has 20 heavy (non-hydrogen) atoms. The van der Waals surface area contributed by atoms with Crippen molar-refractivity contribution in [3.8, 4) is 17.2 Å². The van der Waals surface area contributed by atoms with Crippen molar-refractivity contribution in [3.05, 3.63) is 54.1 Å². The van der Waals surface area contributed by atoms with Crippen LogP contribution in [-0.4, -0.2) is 13.2 Å². The number of benzene rings is 2. The van der Waals surface area contributed by atoms with Gasteiger partial charge in [-0.05, 0) is 36.9 Å². The van der Waals surface area contributed by atoms with Crippen molar-refractivity contribution in [3.63, 3.8) is 0 Å². The van der Waals surface area contributed by atoms with E-state index in [0.29, 0.717) is 6.04 Å². The molecule has 2 aromatic rings. The lowest BCUT2D eigenvalue weighted by molar-refractivity contribution is 0.253. The van der Waals surface area contributed by atoms with Crippen molar-refractivity contribution in [2.45, 2.75) is 19.4 Å². The normalized spacial score (nSPS) is 17.1. The lowest BCUT2D eigenvalue weighted by Gasteiger charge is -2.26. The molecule has 1 unspecified atom stereocenters. The second-order valence-corrected chi connectivity index (χ2v) is 4.86. The Morgan fingerprint density at radius 1 is 1.15 bits per heavy atom. The van der Waals surface area contributed by atoms with E-state index in [9.17, 15) is 0 Å². The first kappa shape index (κ1) is 13.0. The predicted molar refractivity (Wildman–Crippen MR) is 79.5 cm³/mol. The van der Waals surface area contributed by atoms with Crippen LogP contribution in [0.4, 0.5) is 0 Å². The zero-order valence-corrected chi connectivity index (χ0v) is 11.6. The maximum Gasteiger partial charge on any atom is 0.128 e. The van der Waals surface area contributed by atoms with Crippen LogP contribution in [0.5, 0.6) is 17.2 Å². The van der Waals surface area contributed by atoms with E-state index < -0.39 is 0 Å². The van der Waals surface area contributed by atoms with Gasteiger partial charge in [-0.2, -0.15) is 0 Å². The number of rotatable bonds is 4. The molecule has 1 atom stereocenters. The fraction of sp³-hybridized carbons (Fsp3) is 0.294. The average Bonchev–Trinajstić information content (AvgIpc) is 2.49. The molecule has 0 aliphatic carbocycles. The average molecular weight is 269 g/mol. The van der Waals surface area contributed by atoms with Gasteiger partial charge in [0.1, 0.15) is 17.2 Å². The van der Waals surface area contributed by atoms with Crippen molar-refractivity contribution in [2.24, 2.45) is 0 Å². The van der Waals surface area contributed by atoms with Crippen molar-refractivity contribution >= 4 is 0 Å². The van der Waals surface area contributed by atoms with Crippen LogP contribution in [0.25, 0.3) is 0 Å². The van der Waals surface area contributed by atoms with Crippen LogP contribution in [-0.2, 0) is 0 Å². The summed E-state index contributed by atoms with van der Waals surface area (Å²) >= 11 is 0. The standard InChI is InChI=1S/C17H19NO2/c1-2-18-16-10-11-19-17-9-8-14(12-15(16)17)20-13-6-4-3-5-7-13/h3-9,12,16,18H,2,10-11H2,1H3. The molecule has 2 aromatic carbocycles. The molecule has 1 N–H and O–H groups in total. The van der Waals surface area contributed by atoms with Crippen LogP contribution in [0.15, 0.2) is 48.5 Å². The molecule has 0 radical (unpaired) electrons. The Bertz CT molecular complexity index is 568. The summed E-state index contributed by atoms with van der Waals surface area (Å²) in [6, 6.07) is 16.2. The molecular formula is C17H19NO2. The second-order valence-electron chi connectivity index (χ2n) is 4.86. The van der Waals surface area contributed by atoms with E-state index in [4.69, 9.17) is 9.47 Å². The molecule has 1 heterocycles. The summed E-state index contributed by atoms with van der Waals surface area (Å²) in [5.74, 6) is 2.66.